The van der Waals surface area contributed by atoms with Gasteiger partial charge in [0.1, 0.15) is 0 Å². The molecule has 12 heavy (non-hydrogen) atoms. The first-order valence-corrected chi connectivity index (χ1v) is 4.62. The quantitative estimate of drug-likeness (QED) is 0.390. The summed E-state index contributed by atoms with van der Waals surface area (Å²) in [6.07, 6.45) is 1.19. The number of pyridine rings is 1. The van der Waals surface area contributed by atoms with Gasteiger partial charge in [-0.2, -0.15) is 0 Å². The number of hydrogen-bond acceptors (Lipinski definition) is 5. The Bertz CT molecular complexity index is 440. The molecule has 6 nitrogen and oxygen atoms in total. The fraction of sp³-hybridized carbons (Fsp3) is 0. The van der Waals surface area contributed by atoms with Gasteiger partial charge in [0, 0.05) is 0 Å². The van der Waals surface area contributed by atoms with Gasteiger partial charge >= 0.3 is 71.8 Å². The fourth-order valence-electron chi connectivity index (χ4n) is 0.772. The minimum absolute atomic E-state index is 0.00271. The molecule has 0 saturated heterocycles. The van der Waals surface area contributed by atoms with E-state index in [0.717, 1.165) is 4.26 Å². The van der Waals surface area contributed by atoms with Crippen LogP contribution in [-0.2, 0) is 0 Å². The molecule has 60 valence electrons. The van der Waals surface area contributed by atoms with Crippen LogP contribution in [0.2, 0.25) is 0 Å². The van der Waals surface area contributed by atoms with Crippen molar-refractivity contribution < 1.29 is 4.92 Å². The van der Waals surface area contributed by atoms with E-state index in [-0.39, 0.29) is 20.4 Å². The zero-order chi connectivity index (χ0) is 8.55. The second kappa shape index (κ2) is 2.62. The third kappa shape index (κ3) is 1.09. The van der Waals surface area contributed by atoms with Gasteiger partial charge in [0.25, 0.3) is 0 Å². The Labute approximate surface area is 72.4 Å². The molecule has 2 rings (SSSR count). The van der Waals surface area contributed by atoms with Crippen molar-refractivity contribution in [3.8, 4) is 0 Å². The van der Waals surface area contributed by atoms with Gasteiger partial charge in [0.2, 0.25) is 0 Å². The van der Waals surface area contributed by atoms with E-state index in [1.165, 1.54) is 12.3 Å². The normalized spacial score (nSPS) is 10.3. The molecule has 0 aliphatic rings. The van der Waals surface area contributed by atoms with E-state index in [2.05, 4.69) is 14.2 Å². The van der Waals surface area contributed by atoms with Crippen LogP contribution in [0.1, 0.15) is 0 Å². The predicted octanol–water partition coefficient (Wildman–Crippen LogP) is -0.0100. The van der Waals surface area contributed by atoms with Crippen LogP contribution in [0, 0.1) is 10.1 Å². The van der Waals surface area contributed by atoms with E-state index in [0.29, 0.717) is 5.65 Å². The third-order valence-electron chi connectivity index (χ3n) is 1.30. The molecule has 0 N–H and O–H groups in total. The number of rotatable bonds is 1. The van der Waals surface area contributed by atoms with Crippen LogP contribution in [0.3, 0.4) is 0 Å². The Kier molecular flexibility index (Phi) is 1.60. The summed E-state index contributed by atoms with van der Waals surface area (Å²) in [5, 5.41) is 14.0. The van der Waals surface area contributed by atoms with Crippen molar-refractivity contribution in [2.45, 2.75) is 0 Å². The van der Waals surface area contributed by atoms with Crippen LogP contribution < -0.4 is 0 Å². The van der Waals surface area contributed by atoms with Crippen molar-refractivity contribution in [3.63, 3.8) is 0 Å². The Hall–Kier alpha value is -1.33. The molecule has 0 spiro atoms. The Morgan fingerprint density at radius 2 is 2.42 bits per heavy atom. The molecular formula is C5H2N4O2Se. The van der Waals surface area contributed by atoms with Crippen LogP contribution in [0.15, 0.2) is 12.3 Å². The predicted molar refractivity (Wildman–Crippen MR) is 40.9 cm³/mol. The average Bonchev–Trinajstić information content (AvgIpc) is 2.49. The summed E-state index contributed by atoms with van der Waals surface area (Å²) in [7, 11) is 0. The molecule has 0 fully saturated rings. The molecule has 0 aromatic carbocycles. The van der Waals surface area contributed by atoms with Gasteiger partial charge in [-0.25, -0.2) is 0 Å². The Balaban J connectivity index is 2.68. The van der Waals surface area contributed by atoms with Gasteiger partial charge in [-0.05, 0) is 0 Å². The van der Waals surface area contributed by atoms with E-state index in [1.807, 2.05) is 0 Å². The molecule has 0 aliphatic carbocycles. The number of fused-ring (bicyclic) bond motifs is 1. The molecule has 0 saturated carbocycles. The zero-order valence-corrected chi connectivity index (χ0v) is 7.38. The first kappa shape index (κ1) is 7.33. The molecule has 2 heterocycles. The second-order valence-electron chi connectivity index (χ2n) is 2.05. The van der Waals surface area contributed by atoms with Gasteiger partial charge in [0.15, 0.2) is 0 Å². The summed E-state index contributed by atoms with van der Waals surface area (Å²) in [4.78, 5) is 13.6. The van der Waals surface area contributed by atoms with Gasteiger partial charge < -0.3 is 0 Å². The van der Waals surface area contributed by atoms with Gasteiger partial charge in [-0.1, -0.05) is 0 Å². The van der Waals surface area contributed by atoms with E-state index in [9.17, 15) is 10.1 Å². The summed E-state index contributed by atoms with van der Waals surface area (Å²) in [5.41, 5.74) is 0.517. The molecule has 0 unspecified atom stereocenters. The number of aromatic nitrogens is 3. The summed E-state index contributed by atoms with van der Waals surface area (Å²) in [6.45, 7) is 0. The topological polar surface area (TPSA) is 81.8 Å². The molecule has 7 heteroatoms. The SMILES string of the molecule is O=[N+]([O-])c1cnc2nn[se]c2c1. The number of nitro groups is 1. The van der Waals surface area contributed by atoms with Crippen LogP contribution in [0.5, 0.6) is 0 Å². The maximum absolute atomic E-state index is 10.3. The van der Waals surface area contributed by atoms with Crippen molar-refractivity contribution >= 4 is 30.3 Å². The number of nitrogens with zero attached hydrogens (tertiary/aromatic N) is 4. The number of hydrogen-bond donors (Lipinski definition) is 0. The van der Waals surface area contributed by atoms with Gasteiger partial charge in [-0.15, -0.1) is 0 Å². The van der Waals surface area contributed by atoms with Gasteiger partial charge in [0.05, 0.1) is 0 Å². The van der Waals surface area contributed by atoms with E-state index >= 15 is 0 Å². The first-order chi connectivity index (χ1) is 5.77. The second-order valence-corrected chi connectivity index (χ2v) is 3.69. The standard InChI is InChI=1S/C5H2N4O2Se/c10-9(11)3-1-4-5(6-2-3)7-8-12-4/h1-2H. The van der Waals surface area contributed by atoms with Crippen LogP contribution >= 0.6 is 0 Å². The van der Waals surface area contributed by atoms with Crippen molar-refractivity contribution in [2.75, 3.05) is 0 Å². The fourth-order valence-corrected chi connectivity index (χ4v) is 1.94. The van der Waals surface area contributed by atoms with Crippen molar-refractivity contribution in [1.29, 1.82) is 0 Å². The minimum atomic E-state index is -0.471. The Morgan fingerprint density at radius 3 is 3.17 bits per heavy atom. The molecule has 2 aromatic rings. The van der Waals surface area contributed by atoms with Crippen LogP contribution in [0.4, 0.5) is 5.69 Å². The van der Waals surface area contributed by atoms with Crippen molar-refractivity contribution in [2.24, 2.45) is 0 Å². The molecule has 0 bridgehead atoms. The molecule has 0 atom stereocenters. The van der Waals surface area contributed by atoms with Crippen LogP contribution in [-0.4, -0.2) is 33.8 Å². The monoisotopic (exact) mass is 230 g/mol. The summed E-state index contributed by atoms with van der Waals surface area (Å²) >= 11 is -0.131. The summed E-state index contributed by atoms with van der Waals surface area (Å²) in [5.74, 6) is 0. The summed E-state index contributed by atoms with van der Waals surface area (Å²) in [6, 6.07) is 1.47. The average molecular weight is 229 g/mol. The first-order valence-electron chi connectivity index (χ1n) is 3.00. The summed E-state index contributed by atoms with van der Waals surface area (Å²) < 4.78 is 4.53. The molecule has 0 amide bonds. The zero-order valence-electron chi connectivity index (χ0n) is 5.67. The van der Waals surface area contributed by atoms with E-state index in [1.54, 1.807) is 0 Å². The molecular weight excluding hydrogens is 227 g/mol. The maximum atomic E-state index is 10.3. The van der Waals surface area contributed by atoms with Crippen molar-refractivity contribution in [1.82, 2.24) is 14.2 Å². The van der Waals surface area contributed by atoms with Gasteiger partial charge in [-0.3, -0.25) is 0 Å². The third-order valence-corrected chi connectivity index (χ3v) is 2.69. The molecule has 0 aliphatic heterocycles. The van der Waals surface area contributed by atoms with Crippen LogP contribution in [0.25, 0.3) is 9.91 Å². The van der Waals surface area contributed by atoms with E-state index in [4.69, 9.17) is 0 Å². The van der Waals surface area contributed by atoms with E-state index < -0.39 is 4.92 Å². The Morgan fingerprint density at radius 1 is 1.58 bits per heavy atom. The molecule has 2 aromatic heterocycles. The molecule has 0 radical (unpaired) electrons. The van der Waals surface area contributed by atoms with Crippen molar-refractivity contribution in [3.05, 3.63) is 22.4 Å².